The van der Waals surface area contributed by atoms with E-state index in [1.807, 2.05) is 0 Å². The number of morpholine rings is 1. The summed E-state index contributed by atoms with van der Waals surface area (Å²) in [6.07, 6.45) is 0. The normalized spacial score (nSPS) is 17.7. The van der Waals surface area contributed by atoms with E-state index in [1.54, 1.807) is 19.1 Å². The fourth-order valence-corrected chi connectivity index (χ4v) is 3.28. The highest BCUT2D eigenvalue weighted by molar-refractivity contribution is 9.10. The van der Waals surface area contributed by atoms with Gasteiger partial charge in [-0.3, -0.25) is 4.72 Å². The van der Waals surface area contributed by atoms with Gasteiger partial charge in [-0.25, -0.2) is 4.98 Å². The molecule has 8 heteroatoms. The second-order valence-electron chi connectivity index (χ2n) is 3.89. The van der Waals surface area contributed by atoms with E-state index in [-0.39, 0.29) is 0 Å². The Hall–Kier alpha value is -0.700. The van der Waals surface area contributed by atoms with Crippen molar-refractivity contribution in [1.29, 1.82) is 0 Å². The highest BCUT2D eigenvalue weighted by Crippen LogP contribution is 2.18. The van der Waals surface area contributed by atoms with Crippen LogP contribution in [0.3, 0.4) is 0 Å². The Morgan fingerprint density at radius 3 is 2.67 bits per heavy atom. The number of ether oxygens (including phenoxy) is 1. The number of nitrogens with zero attached hydrogens (tertiary/aromatic N) is 2. The van der Waals surface area contributed by atoms with E-state index in [0.717, 1.165) is 0 Å². The quantitative estimate of drug-likeness (QED) is 0.841. The molecule has 100 valence electrons. The Kier molecular flexibility index (Phi) is 4.21. The Morgan fingerprint density at radius 1 is 1.39 bits per heavy atom. The smallest absolute Gasteiger partial charge is 0.301 e. The zero-order valence-corrected chi connectivity index (χ0v) is 12.3. The molecule has 0 saturated carbocycles. The summed E-state index contributed by atoms with van der Waals surface area (Å²) in [5, 5.41) is 0. The van der Waals surface area contributed by atoms with Crippen LogP contribution in [0.5, 0.6) is 0 Å². The van der Waals surface area contributed by atoms with Crippen LogP contribution in [0.25, 0.3) is 0 Å². The fourth-order valence-electron chi connectivity index (χ4n) is 1.63. The molecule has 0 bridgehead atoms. The van der Waals surface area contributed by atoms with E-state index in [0.29, 0.717) is 42.3 Å². The maximum absolute atomic E-state index is 12.1. The van der Waals surface area contributed by atoms with Crippen LogP contribution in [0.1, 0.15) is 5.69 Å². The van der Waals surface area contributed by atoms with Crippen molar-refractivity contribution in [2.24, 2.45) is 0 Å². The van der Waals surface area contributed by atoms with Crippen LogP contribution in [0, 0.1) is 6.92 Å². The van der Waals surface area contributed by atoms with Crippen molar-refractivity contribution in [3.8, 4) is 0 Å². The maximum atomic E-state index is 12.1. The number of pyridine rings is 1. The predicted octanol–water partition coefficient (Wildman–Crippen LogP) is 1.14. The first-order valence-electron chi connectivity index (χ1n) is 5.48. The van der Waals surface area contributed by atoms with Gasteiger partial charge < -0.3 is 4.74 Å². The van der Waals surface area contributed by atoms with Gasteiger partial charge in [-0.15, -0.1) is 0 Å². The highest BCUT2D eigenvalue weighted by Gasteiger charge is 2.24. The lowest BCUT2D eigenvalue weighted by atomic mass is 10.3. The van der Waals surface area contributed by atoms with E-state index >= 15 is 0 Å². The lowest BCUT2D eigenvalue weighted by molar-refractivity contribution is 0.0733. The van der Waals surface area contributed by atoms with Crippen molar-refractivity contribution in [3.63, 3.8) is 0 Å². The first kappa shape index (κ1) is 13.7. The van der Waals surface area contributed by atoms with E-state index < -0.39 is 10.2 Å². The summed E-state index contributed by atoms with van der Waals surface area (Å²) >= 11 is 3.24. The minimum Gasteiger partial charge on any atom is -0.379 e. The number of hydrogen-bond donors (Lipinski definition) is 1. The van der Waals surface area contributed by atoms with Crippen molar-refractivity contribution < 1.29 is 13.2 Å². The highest BCUT2D eigenvalue weighted by atomic mass is 79.9. The summed E-state index contributed by atoms with van der Waals surface area (Å²) < 4.78 is 33.9. The summed E-state index contributed by atoms with van der Waals surface area (Å²) in [6, 6.07) is 3.38. The average Bonchev–Trinajstić information content (AvgIpc) is 2.34. The van der Waals surface area contributed by atoms with Crippen LogP contribution >= 0.6 is 15.9 Å². The summed E-state index contributed by atoms with van der Waals surface area (Å²) in [6.45, 7) is 3.36. The molecule has 2 rings (SSSR count). The van der Waals surface area contributed by atoms with Gasteiger partial charge in [-0.05, 0) is 35.0 Å². The van der Waals surface area contributed by atoms with Gasteiger partial charge in [0.2, 0.25) is 0 Å². The van der Waals surface area contributed by atoms with Crippen LogP contribution in [0.4, 0.5) is 5.69 Å². The number of halogens is 1. The first-order chi connectivity index (χ1) is 8.49. The van der Waals surface area contributed by atoms with Crippen molar-refractivity contribution >= 4 is 31.8 Å². The molecule has 0 aromatic carbocycles. The van der Waals surface area contributed by atoms with Gasteiger partial charge in [-0.2, -0.15) is 12.7 Å². The lowest BCUT2D eigenvalue weighted by Crippen LogP contribution is -2.43. The number of aryl methyl sites for hydroxylation is 1. The van der Waals surface area contributed by atoms with Crippen molar-refractivity contribution in [3.05, 3.63) is 22.4 Å². The van der Waals surface area contributed by atoms with Crippen molar-refractivity contribution in [2.45, 2.75) is 6.92 Å². The Balaban J connectivity index is 2.16. The summed E-state index contributed by atoms with van der Waals surface area (Å²) in [7, 11) is -3.52. The topological polar surface area (TPSA) is 71.5 Å². The minimum atomic E-state index is -3.52. The molecule has 0 spiro atoms. The zero-order valence-electron chi connectivity index (χ0n) is 9.89. The van der Waals surface area contributed by atoms with Gasteiger partial charge in [0.05, 0.1) is 24.6 Å². The number of rotatable bonds is 3. The standard InChI is InChI=1S/C10H14BrN3O3S/c1-8-9(2-3-10(11)12-8)13-18(15,16)14-4-6-17-7-5-14/h2-3,13H,4-7H2,1H3. The maximum Gasteiger partial charge on any atom is 0.301 e. The lowest BCUT2D eigenvalue weighted by Gasteiger charge is -2.26. The van der Waals surface area contributed by atoms with Gasteiger partial charge in [0, 0.05) is 13.1 Å². The largest absolute Gasteiger partial charge is 0.379 e. The molecule has 6 nitrogen and oxygen atoms in total. The molecular formula is C10H14BrN3O3S. The molecule has 0 radical (unpaired) electrons. The number of hydrogen-bond acceptors (Lipinski definition) is 4. The van der Waals surface area contributed by atoms with Gasteiger partial charge in [0.15, 0.2) is 0 Å². The molecule has 1 saturated heterocycles. The predicted molar refractivity (Wildman–Crippen MR) is 71.6 cm³/mol. The van der Waals surface area contributed by atoms with Crippen LogP contribution < -0.4 is 4.72 Å². The first-order valence-corrected chi connectivity index (χ1v) is 7.71. The molecule has 0 amide bonds. The van der Waals surface area contributed by atoms with Crippen LogP contribution in [0.15, 0.2) is 16.7 Å². The second-order valence-corrected chi connectivity index (χ2v) is 6.37. The summed E-state index contributed by atoms with van der Waals surface area (Å²) in [4.78, 5) is 4.15. The Bertz CT molecular complexity index is 529. The van der Waals surface area contributed by atoms with Gasteiger partial charge in [0.25, 0.3) is 0 Å². The third-order valence-corrected chi connectivity index (χ3v) is 4.57. The summed E-state index contributed by atoms with van der Waals surface area (Å²) in [5.41, 5.74) is 1.12. The molecule has 1 aliphatic rings. The monoisotopic (exact) mass is 335 g/mol. The average molecular weight is 336 g/mol. The third kappa shape index (κ3) is 3.19. The van der Waals surface area contributed by atoms with Crippen molar-refractivity contribution in [1.82, 2.24) is 9.29 Å². The molecule has 0 aliphatic carbocycles. The van der Waals surface area contributed by atoms with E-state index in [4.69, 9.17) is 4.74 Å². The number of nitrogens with one attached hydrogen (secondary N) is 1. The number of anilines is 1. The van der Waals surface area contributed by atoms with Gasteiger partial charge >= 0.3 is 10.2 Å². The van der Waals surface area contributed by atoms with Gasteiger partial charge in [0.1, 0.15) is 4.60 Å². The van der Waals surface area contributed by atoms with Crippen LogP contribution in [-0.4, -0.2) is 44.0 Å². The molecular weight excluding hydrogens is 322 g/mol. The van der Waals surface area contributed by atoms with Crippen molar-refractivity contribution in [2.75, 3.05) is 31.0 Å². The van der Waals surface area contributed by atoms with E-state index in [1.165, 1.54) is 4.31 Å². The SMILES string of the molecule is Cc1nc(Br)ccc1NS(=O)(=O)N1CCOCC1. The molecule has 18 heavy (non-hydrogen) atoms. The Morgan fingerprint density at radius 2 is 2.06 bits per heavy atom. The van der Waals surface area contributed by atoms with E-state index in [9.17, 15) is 8.42 Å². The molecule has 2 heterocycles. The second kappa shape index (κ2) is 5.52. The minimum absolute atomic E-state index is 0.373. The summed E-state index contributed by atoms with van der Waals surface area (Å²) in [5.74, 6) is 0. The molecule has 1 aromatic heterocycles. The van der Waals surface area contributed by atoms with Gasteiger partial charge in [-0.1, -0.05) is 0 Å². The molecule has 1 fully saturated rings. The third-order valence-electron chi connectivity index (χ3n) is 2.60. The number of aromatic nitrogens is 1. The molecule has 1 N–H and O–H groups in total. The molecule has 0 unspecified atom stereocenters. The molecule has 1 aliphatic heterocycles. The molecule has 1 aromatic rings. The Labute approximate surface area is 115 Å². The zero-order chi connectivity index (χ0) is 13.2. The molecule has 0 atom stereocenters. The fraction of sp³-hybridized carbons (Fsp3) is 0.500. The van der Waals surface area contributed by atoms with E-state index in [2.05, 4.69) is 25.6 Å². The van der Waals surface area contributed by atoms with Crippen LogP contribution in [0.2, 0.25) is 0 Å². The van der Waals surface area contributed by atoms with Crippen LogP contribution in [-0.2, 0) is 14.9 Å².